The summed E-state index contributed by atoms with van der Waals surface area (Å²) in [5, 5.41) is 9.34. The predicted octanol–water partition coefficient (Wildman–Crippen LogP) is 17.4. The van der Waals surface area contributed by atoms with Crippen LogP contribution < -0.4 is 4.90 Å². The molecule has 0 N–H and O–H groups in total. The average molecular weight is 899 g/mol. The Bertz CT molecular complexity index is 4470. The van der Waals surface area contributed by atoms with Crippen LogP contribution in [0.4, 0.5) is 11.4 Å². The third kappa shape index (κ3) is 5.32. The van der Waals surface area contributed by atoms with E-state index < -0.39 is 0 Å². The van der Waals surface area contributed by atoms with Crippen LogP contribution >= 0.6 is 0 Å². The predicted molar refractivity (Wildman–Crippen MR) is 293 cm³/mol. The van der Waals surface area contributed by atoms with E-state index in [1.54, 1.807) is 0 Å². The second kappa shape index (κ2) is 14.4. The SMILES string of the molecule is CC1N(c2ccccc2)c2ccc(-n3c4ccccc4c4c5oc6c(ccc7c6c6ccccc6n7-c6cccc(-c7ccc8c(c7)c7ccccc7n8-c7ccccc7)c6)c5ccc43)cc2C1(C)C. The van der Waals surface area contributed by atoms with Gasteiger partial charge in [0.1, 0.15) is 11.2 Å². The van der Waals surface area contributed by atoms with Crippen molar-refractivity contribution in [1.29, 1.82) is 0 Å². The molecule has 5 heteroatoms. The van der Waals surface area contributed by atoms with Crippen LogP contribution in [0.3, 0.4) is 0 Å². The quantitative estimate of drug-likeness (QED) is 0.172. The van der Waals surface area contributed by atoms with Gasteiger partial charge in [0.05, 0.1) is 43.9 Å². The second-order valence-electron chi connectivity index (χ2n) is 19.8. The van der Waals surface area contributed by atoms with E-state index in [0.717, 1.165) is 71.8 Å². The number of nitrogens with zero attached hydrogens (tertiary/aromatic N) is 4. The van der Waals surface area contributed by atoms with Crippen molar-refractivity contribution in [2.45, 2.75) is 32.2 Å². The molecule has 332 valence electrons. The van der Waals surface area contributed by atoms with Crippen LogP contribution in [0.5, 0.6) is 0 Å². The van der Waals surface area contributed by atoms with Gasteiger partial charge in [-0.3, -0.25) is 0 Å². The highest BCUT2D eigenvalue weighted by atomic mass is 16.3. The first kappa shape index (κ1) is 39.2. The number of benzene rings is 10. The Balaban J connectivity index is 0.899. The molecule has 10 aromatic carbocycles. The Hall–Kier alpha value is -8.80. The first-order valence-corrected chi connectivity index (χ1v) is 24.4. The van der Waals surface area contributed by atoms with Crippen LogP contribution in [0.25, 0.3) is 116 Å². The summed E-state index contributed by atoms with van der Waals surface area (Å²) in [5.41, 5.74) is 18.3. The Kier molecular flexibility index (Phi) is 8.05. The number of anilines is 2. The van der Waals surface area contributed by atoms with Crippen LogP contribution in [0.15, 0.2) is 223 Å². The molecular weight excluding hydrogens is 853 g/mol. The maximum absolute atomic E-state index is 7.35. The summed E-state index contributed by atoms with van der Waals surface area (Å²) in [7, 11) is 0. The molecule has 0 saturated heterocycles. The van der Waals surface area contributed by atoms with E-state index in [4.69, 9.17) is 4.42 Å². The van der Waals surface area contributed by atoms with E-state index >= 15 is 0 Å². The summed E-state index contributed by atoms with van der Waals surface area (Å²) in [6, 6.07) is 80.2. The zero-order valence-corrected chi connectivity index (χ0v) is 39.1. The molecule has 70 heavy (non-hydrogen) atoms. The van der Waals surface area contributed by atoms with Gasteiger partial charge in [-0.1, -0.05) is 123 Å². The first-order chi connectivity index (χ1) is 34.4. The third-order valence-electron chi connectivity index (χ3n) is 15.9. The van der Waals surface area contributed by atoms with Crippen LogP contribution in [0.1, 0.15) is 26.3 Å². The van der Waals surface area contributed by atoms with Crippen molar-refractivity contribution in [3.05, 3.63) is 224 Å². The molecule has 1 aliphatic rings. The highest BCUT2D eigenvalue weighted by Crippen LogP contribution is 2.51. The Morgan fingerprint density at radius 2 is 0.843 bits per heavy atom. The van der Waals surface area contributed by atoms with Gasteiger partial charge >= 0.3 is 0 Å². The molecule has 5 nitrogen and oxygen atoms in total. The lowest BCUT2D eigenvalue weighted by Gasteiger charge is -2.31. The van der Waals surface area contributed by atoms with Crippen LogP contribution in [-0.4, -0.2) is 19.7 Å². The largest absolute Gasteiger partial charge is 0.455 e. The minimum Gasteiger partial charge on any atom is -0.455 e. The summed E-state index contributed by atoms with van der Waals surface area (Å²) in [4.78, 5) is 2.50. The maximum Gasteiger partial charge on any atom is 0.145 e. The molecule has 1 unspecified atom stereocenters. The van der Waals surface area contributed by atoms with E-state index in [-0.39, 0.29) is 11.5 Å². The van der Waals surface area contributed by atoms with Gasteiger partial charge < -0.3 is 23.0 Å². The van der Waals surface area contributed by atoms with E-state index in [9.17, 15) is 0 Å². The third-order valence-corrected chi connectivity index (χ3v) is 15.9. The van der Waals surface area contributed by atoms with E-state index in [2.05, 4.69) is 258 Å². The van der Waals surface area contributed by atoms with Crippen LogP contribution in [0, 0.1) is 0 Å². The highest BCUT2D eigenvalue weighted by molar-refractivity contribution is 6.29. The molecule has 15 rings (SSSR count). The number of hydrogen-bond donors (Lipinski definition) is 0. The van der Waals surface area contributed by atoms with Crippen LogP contribution in [-0.2, 0) is 5.41 Å². The number of aromatic nitrogens is 3. The average Bonchev–Trinajstić information content (AvgIpc) is 4.19. The van der Waals surface area contributed by atoms with Gasteiger partial charge in [-0.25, -0.2) is 0 Å². The van der Waals surface area contributed by atoms with Crippen molar-refractivity contribution < 1.29 is 4.42 Å². The fourth-order valence-electron chi connectivity index (χ4n) is 12.3. The lowest BCUT2D eigenvalue weighted by atomic mass is 9.81. The van der Waals surface area contributed by atoms with Gasteiger partial charge in [-0.15, -0.1) is 0 Å². The van der Waals surface area contributed by atoms with Crippen molar-refractivity contribution in [3.63, 3.8) is 0 Å². The van der Waals surface area contributed by atoms with E-state index in [1.807, 2.05) is 0 Å². The smallest absolute Gasteiger partial charge is 0.145 e. The van der Waals surface area contributed by atoms with Gasteiger partial charge in [-0.2, -0.15) is 0 Å². The number of fused-ring (bicyclic) bond motifs is 15. The summed E-state index contributed by atoms with van der Waals surface area (Å²) >= 11 is 0. The van der Waals surface area contributed by atoms with Crippen molar-refractivity contribution in [2.24, 2.45) is 0 Å². The lowest BCUT2D eigenvalue weighted by Crippen LogP contribution is -2.36. The fourth-order valence-corrected chi connectivity index (χ4v) is 12.3. The van der Waals surface area contributed by atoms with Crippen molar-refractivity contribution in [2.75, 3.05) is 4.90 Å². The number of para-hydroxylation sites is 5. The summed E-state index contributed by atoms with van der Waals surface area (Å²) in [6.07, 6.45) is 0. The van der Waals surface area contributed by atoms with Gasteiger partial charge in [0.25, 0.3) is 0 Å². The molecule has 5 heterocycles. The standard InChI is InChI=1S/C65H46N4O/c1-40-65(2,3)53-39-46(30-34-58(53)66(40)43-18-6-4-7-19-43)69-56-28-15-12-25-51(56)62-60(69)36-32-49-48-31-35-59-61(63(48)70-64(49)62)50-24-11-14-27-55(50)68(59)45-22-16-17-41(37-45)42-29-33-57-52(38-42)47-23-10-13-26-54(47)67(57)44-20-8-5-9-21-44/h4-40H,1-3H3. The topological polar surface area (TPSA) is 31.2 Å². The fraction of sp³-hybridized carbons (Fsp3) is 0.0769. The lowest BCUT2D eigenvalue weighted by molar-refractivity contribution is 0.462. The molecule has 1 aliphatic heterocycles. The van der Waals surface area contributed by atoms with Crippen molar-refractivity contribution in [1.82, 2.24) is 13.7 Å². The normalized spacial score (nSPS) is 14.7. The molecule has 0 aliphatic carbocycles. The number of rotatable bonds is 5. The molecule has 4 aromatic heterocycles. The summed E-state index contributed by atoms with van der Waals surface area (Å²) in [5.74, 6) is 0. The minimum absolute atomic E-state index is 0.0718. The Morgan fingerprint density at radius 3 is 1.49 bits per heavy atom. The molecule has 0 amide bonds. The maximum atomic E-state index is 7.35. The van der Waals surface area contributed by atoms with Gasteiger partial charge in [0, 0.05) is 72.2 Å². The molecular formula is C65H46N4O. The Labute approximate surface area is 404 Å². The number of furan rings is 1. The second-order valence-corrected chi connectivity index (χ2v) is 19.8. The molecule has 0 fully saturated rings. The number of hydrogen-bond acceptors (Lipinski definition) is 2. The van der Waals surface area contributed by atoms with Gasteiger partial charge in [0.2, 0.25) is 0 Å². The highest BCUT2D eigenvalue weighted by Gasteiger charge is 2.43. The molecule has 0 bridgehead atoms. The van der Waals surface area contributed by atoms with E-state index in [1.165, 1.54) is 60.6 Å². The summed E-state index contributed by atoms with van der Waals surface area (Å²) in [6.45, 7) is 7.12. The monoisotopic (exact) mass is 898 g/mol. The van der Waals surface area contributed by atoms with Crippen molar-refractivity contribution in [3.8, 4) is 28.2 Å². The first-order valence-electron chi connectivity index (χ1n) is 24.4. The molecule has 0 spiro atoms. The molecule has 14 aromatic rings. The molecule has 0 radical (unpaired) electrons. The minimum atomic E-state index is -0.0718. The molecule has 1 atom stereocenters. The van der Waals surface area contributed by atoms with Crippen LogP contribution in [0.2, 0.25) is 0 Å². The Morgan fingerprint density at radius 1 is 0.357 bits per heavy atom. The van der Waals surface area contributed by atoms with Crippen molar-refractivity contribution >= 4 is 98.7 Å². The summed E-state index contributed by atoms with van der Waals surface area (Å²) < 4.78 is 14.6. The van der Waals surface area contributed by atoms with E-state index in [0.29, 0.717) is 0 Å². The zero-order valence-electron chi connectivity index (χ0n) is 39.1. The van der Waals surface area contributed by atoms with Gasteiger partial charge in [0.15, 0.2) is 0 Å². The zero-order chi connectivity index (χ0) is 46.4. The molecule has 0 saturated carbocycles. The van der Waals surface area contributed by atoms with Gasteiger partial charge in [-0.05, 0) is 133 Å².